The van der Waals surface area contributed by atoms with Gasteiger partial charge < -0.3 is 15.5 Å². The summed E-state index contributed by atoms with van der Waals surface area (Å²) in [6, 6.07) is 5.47. The normalized spacial score (nSPS) is 20.1. The second-order valence-electron chi connectivity index (χ2n) is 9.16. The number of hydrogen-bond acceptors (Lipinski definition) is 7. The number of rotatable bonds is 6. The maximum absolute atomic E-state index is 14.2. The van der Waals surface area contributed by atoms with Gasteiger partial charge in [-0.05, 0) is 61.9 Å². The number of aliphatic hydroxyl groups is 1. The standard InChI is InChI=1S/C24H22F6N4O3S/c1-12-8-14(10-16(9-12)33-21-31-7-6-18(34-21)23(25,26)27)17-11-32-20(38-17)22(37,24(28,29)30)15-4-2-13(3-5-15)19(35)36/h6-11,13,15,37H,2-5H2,1H3,(H,35,36)(H,31,33,34). The highest BCUT2D eigenvalue weighted by atomic mass is 32.1. The zero-order valence-electron chi connectivity index (χ0n) is 19.8. The summed E-state index contributed by atoms with van der Waals surface area (Å²) in [6.07, 6.45) is -7.80. The van der Waals surface area contributed by atoms with Crippen molar-refractivity contribution in [3.05, 3.63) is 52.9 Å². The van der Waals surface area contributed by atoms with Crippen LogP contribution in [-0.4, -0.2) is 37.3 Å². The first-order valence-electron chi connectivity index (χ1n) is 11.5. The Morgan fingerprint density at radius 2 is 1.74 bits per heavy atom. The number of aryl methyl sites for hydroxylation is 1. The number of carboxylic acids is 1. The van der Waals surface area contributed by atoms with E-state index in [-0.39, 0.29) is 31.6 Å². The van der Waals surface area contributed by atoms with Crippen molar-refractivity contribution in [3.63, 3.8) is 0 Å². The van der Waals surface area contributed by atoms with E-state index in [0.29, 0.717) is 33.0 Å². The summed E-state index contributed by atoms with van der Waals surface area (Å²) in [5, 5.41) is 22.3. The molecule has 0 saturated heterocycles. The number of aliphatic carboxylic acids is 1. The minimum atomic E-state index is -5.05. The molecule has 1 aliphatic carbocycles. The molecule has 2 aromatic heterocycles. The number of carboxylic acid groups (broad SMARTS) is 1. The van der Waals surface area contributed by atoms with Gasteiger partial charge in [-0.1, -0.05) is 6.07 Å². The van der Waals surface area contributed by atoms with Gasteiger partial charge in [0.1, 0.15) is 10.7 Å². The number of nitrogens with zero attached hydrogens (tertiary/aromatic N) is 3. The van der Waals surface area contributed by atoms with Crippen molar-refractivity contribution in [2.45, 2.75) is 50.6 Å². The Bertz CT molecular complexity index is 1320. The van der Waals surface area contributed by atoms with Gasteiger partial charge in [-0.3, -0.25) is 4.79 Å². The first-order chi connectivity index (χ1) is 17.7. The van der Waals surface area contributed by atoms with Gasteiger partial charge in [-0.2, -0.15) is 26.3 Å². The van der Waals surface area contributed by atoms with Crippen LogP contribution in [0.2, 0.25) is 0 Å². The smallest absolute Gasteiger partial charge is 0.433 e. The van der Waals surface area contributed by atoms with Crippen molar-refractivity contribution < 1.29 is 41.4 Å². The fourth-order valence-corrected chi connectivity index (χ4v) is 5.67. The molecule has 7 nitrogen and oxygen atoms in total. The number of alkyl halides is 6. The molecule has 4 rings (SSSR count). The van der Waals surface area contributed by atoms with Gasteiger partial charge >= 0.3 is 18.3 Å². The maximum Gasteiger partial charge on any atom is 0.433 e. The van der Waals surface area contributed by atoms with Crippen LogP contribution < -0.4 is 5.32 Å². The highest BCUT2D eigenvalue weighted by Crippen LogP contribution is 2.51. The Hall–Kier alpha value is -3.26. The monoisotopic (exact) mass is 560 g/mol. The molecule has 0 radical (unpaired) electrons. The number of benzene rings is 1. The molecule has 1 aliphatic rings. The highest BCUT2D eigenvalue weighted by molar-refractivity contribution is 7.15. The molecule has 0 amide bonds. The van der Waals surface area contributed by atoms with Crippen LogP contribution >= 0.6 is 11.3 Å². The van der Waals surface area contributed by atoms with E-state index in [9.17, 15) is 36.2 Å². The molecule has 3 N–H and O–H groups in total. The molecule has 1 aromatic carbocycles. The maximum atomic E-state index is 14.2. The van der Waals surface area contributed by atoms with Gasteiger partial charge in [0.05, 0.1) is 10.8 Å². The van der Waals surface area contributed by atoms with E-state index < -0.39 is 46.5 Å². The molecule has 1 atom stereocenters. The lowest BCUT2D eigenvalue weighted by atomic mass is 9.73. The number of aromatic nitrogens is 3. The topological polar surface area (TPSA) is 108 Å². The van der Waals surface area contributed by atoms with Crippen molar-refractivity contribution in [2.75, 3.05) is 5.32 Å². The van der Waals surface area contributed by atoms with Crippen molar-refractivity contribution in [2.24, 2.45) is 11.8 Å². The molecular formula is C24H22F6N4O3S. The zero-order valence-corrected chi connectivity index (χ0v) is 20.6. The lowest BCUT2D eigenvalue weighted by Gasteiger charge is -2.39. The van der Waals surface area contributed by atoms with E-state index in [4.69, 9.17) is 5.11 Å². The number of hydrogen-bond donors (Lipinski definition) is 3. The Labute approximate surface area is 216 Å². The van der Waals surface area contributed by atoms with Gasteiger partial charge in [0, 0.05) is 24.0 Å². The summed E-state index contributed by atoms with van der Waals surface area (Å²) in [4.78, 5) is 22.6. The second kappa shape index (κ2) is 10.1. The van der Waals surface area contributed by atoms with E-state index in [1.807, 2.05) is 0 Å². The SMILES string of the molecule is Cc1cc(Nc2nccc(C(F)(F)F)n2)cc(-c2cnc(C(O)(C3CCC(C(=O)O)CC3)C(F)(F)F)s2)c1. The Morgan fingerprint density at radius 1 is 1.05 bits per heavy atom. The largest absolute Gasteiger partial charge is 0.481 e. The van der Waals surface area contributed by atoms with Gasteiger partial charge in [0.25, 0.3) is 0 Å². The lowest BCUT2D eigenvalue weighted by Crippen LogP contribution is -2.49. The molecular weight excluding hydrogens is 538 g/mol. The summed E-state index contributed by atoms with van der Waals surface area (Å²) < 4.78 is 81.6. The van der Waals surface area contributed by atoms with Crippen LogP contribution in [0.15, 0.2) is 36.7 Å². The minimum absolute atomic E-state index is 0.0150. The van der Waals surface area contributed by atoms with Gasteiger partial charge in [0.2, 0.25) is 11.5 Å². The molecule has 0 aliphatic heterocycles. The zero-order chi connectivity index (χ0) is 27.9. The van der Waals surface area contributed by atoms with Crippen LogP contribution in [0.1, 0.15) is 41.9 Å². The first-order valence-corrected chi connectivity index (χ1v) is 12.3. The molecule has 3 aromatic rings. The van der Waals surface area contributed by atoms with E-state index >= 15 is 0 Å². The van der Waals surface area contributed by atoms with Crippen LogP contribution in [-0.2, 0) is 16.6 Å². The summed E-state index contributed by atoms with van der Waals surface area (Å²) in [5.74, 6) is -3.40. The third kappa shape index (κ3) is 5.60. The summed E-state index contributed by atoms with van der Waals surface area (Å²) in [5.41, 5.74) is -3.03. The van der Waals surface area contributed by atoms with Crippen LogP contribution in [0.4, 0.5) is 38.0 Å². The average molecular weight is 561 g/mol. The molecule has 0 bridgehead atoms. The van der Waals surface area contributed by atoms with E-state index in [2.05, 4.69) is 20.3 Å². The molecule has 1 saturated carbocycles. The number of carbonyl (C=O) groups is 1. The molecule has 204 valence electrons. The van der Waals surface area contributed by atoms with Crippen molar-refractivity contribution in [1.82, 2.24) is 15.0 Å². The number of thiazole rings is 1. The molecule has 2 heterocycles. The molecule has 1 unspecified atom stereocenters. The summed E-state index contributed by atoms with van der Waals surface area (Å²) in [7, 11) is 0. The van der Waals surface area contributed by atoms with E-state index in [0.717, 1.165) is 12.3 Å². The van der Waals surface area contributed by atoms with Crippen molar-refractivity contribution >= 4 is 28.9 Å². The Morgan fingerprint density at radius 3 is 2.34 bits per heavy atom. The Balaban J connectivity index is 1.63. The third-order valence-electron chi connectivity index (χ3n) is 6.50. The van der Waals surface area contributed by atoms with Gasteiger partial charge in [0.15, 0.2) is 0 Å². The quantitative estimate of drug-likeness (QED) is 0.303. The van der Waals surface area contributed by atoms with Crippen molar-refractivity contribution in [3.8, 4) is 10.4 Å². The fraction of sp³-hybridized carbons (Fsp3) is 0.417. The third-order valence-corrected chi connectivity index (χ3v) is 7.67. The molecule has 14 heteroatoms. The average Bonchev–Trinajstić information content (AvgIpc) is 3.33. The number of nitrogens with one attached hydrogen (secondary N) is 1. The van der Waals surface area contributed by atoms with E-state index in [1.54, 1.807) is 19.1 Å². The summed E-state index contributed by atoms with van der Waals surface area (Å²) in [6.45, 7) is 1.69. The van der Waals surface area contributed by atoms with E-state index in [1.165, 1.54) is 12.3 Å². The van der Waals surface area contributed by atoms with Crippen LogP contribution in [0.3, 0.4) is 0 Å². The predicted octanol–water partition coefficient (Wildman–Crippen LogP) is 6.31. The minimum Gasteiger partial charge on any atom is -0.481 e. The van der Waals surface area contributed by atoms with Crippen molar-refractivity contribution in [1.29, 1.82) is 0 Å². The van der Waals surface area contributed by atoms with Gasteiger partial charge in [-0.25, -0.2) is 15.0 Å². The highest BCUT2D eigenvalue weighted by Gasteiger charge is 2.61. The predicted molar refractivity (Wildman–Crippen MR) is 126 cm³/mol. The fourth-order valence-electron chi connectivity index (χ4n) is 4.57. The molecule has 1 fully saturated rings. The Kier molecular flexibility index (Phi) is 7.40. The second-order valence-corrected chi connectivity index (χ2v) is 10.2. The first kappa shape index (κ1) is 27.8. The van der Waals surface area contributed by atoms with Crippen LogP contribution in [0.5, 0.6) is 0 Å². The molecule has 38 heavy (non-hydrogen) atoms. The number of halogens is 6. The number of anilines is 2. The van der Waals surface area contributed by atoms with Gasteiger partial charge in [-0.15, -0.1) is 11.3 Å². The summed E-state index contributed by atoms with van der Waals surface area (Å²) >= 11 is 0.645. The molecule has 0 spiro atoms. The lowest BCUT2D eigenvalue weighted by molar-refractivity contribution is -0.290. The van der Waals surface area contributed by atoms with Crippen LogP contribution in [0.25, 0.3) is 10.4 Å². The van der Waals surface area contributed by atoms with Crippen LogP contribution in [0, 0.1) is 18.8 Å².